The summed E-state index contributed by atoms with van der Waals surface area (Å²) in [6, 6.07) is 8.43. The second-order valence-corrected chi connectivity index (χ2v) is 2.90. The molecular formula is C10H7N3O2. The molecule has 15 heavy (non-hydrogen) atoms. The maximum absolute atomic E-state index is 9.25. The van der Waals surface area contributed by atoms with Gasteiger partial charge in [-0.2, -0.15) is 10.2 Å². The van der Waals surface area contributed by atoms with Crippen molar-refractivity contribution < 1.29 is 9.63 Å². The van der Waals surface area contributed by atoms with Crippen LogP contribution in [-0.4, -0.2) is 15.2 Å². The highest BCUT2D eigenvalue weighted by Crippen LogP contribution is 2.20. The average Bonchev–Trinajstić information content (AvgIpc) is 2.67. The van der Waals surface area contributed by atoms with Crippen molar-refractivity contribution in [1.82, 2.24) is 10.1 Å². The molecule has 5 heteroatoms. The largest absolute Gasteiger partial charge is 0.508 e. The quantitative estimate of drug-likeness (QED) is 0.796. The predicted octanol–water partition coefficient (Wildman–Crippen LogP) is 1.51. The molecule has 1 aromatic carbocycles. The molecule has 5 nitrogen and oxygen atoms in total. The van der Waals surface area contributed by atoms with E-state index in [4.69, 9.17) is 9.78 Å². The first-order chi connectivity index (χ1) is 7.29. The van der Waals surface area contributed by atoms with Gasteiger partial charge in [-0.05, 0) is 12.1 Å². The Kier molecular flexibility index (Phi) is 2.33. The minimum Gasteiger partial charge on any atom is -0.508 e. The molecule has 0 fully saturated rings. The summed E-state index contributed by atoms with van der Waals surface area (Å²) in [4.78, 5) is 4.00. The molecule has 2 aromatic rings. The number of nitrogens with zero attached hydrogens (tertiary/aromatic N) is 3. The Labute approximate surface area is 85.6 Å². The van der Waals surface area contributed by atoms with Crippen LogP contribution in [-0.2, 0) is 6.42 Å². The Morgan fingerprint density at radius 1 is 1.47 bits per heavy atom. The smallest absolute Gasteiger partial charge is 0.241 e. The topological polar surface area (TPSA) is 82.9 Å². The number of hydrogen-bond acceptors (Lipinski definition) is 5. The van der Waals surface area contributed by atoms with Crippen LogP contribution in [0.3, 0.4) is 0 Å². The zero-order valence-corrected chi connectivity index (χ0v) is 7.71. The highest BCUT2D eigenvalue weighted by molar-refractivity contribution is 5.56. The first kappa shape index (κ1) is 9.21. The summed E-state index contributed by atoms with van der Waals surface area (Å²) in [5.41, 5.74) is 0.655. The van der Waals surface area contributed by atoms with Crippen molar-refractivity contribution in [1.29, 1.82) is 5.26 Å². The van der Waals surface area contributed by atoms with Gasteiger partial charge in [0.15, 0.2) is 0 Å². The Balaban J connectivity index is 2.34. The van der Waals surface area contributed by atoms with Crippen molar-refractivity contribution >= 4 is 0 Å². The SMILES string of the molecule is N#CCc1nc(-c2cccc(O)c2)no1. The molecule has 0 atom stereocenters. The van der Waals surface area contributed by atoms with Gasteiger partial charge in [0, 0.05) is 5.56 Å². The molecule has 0 aliphatic heterocycles. The molecule has 1 aromatic heterocycles. The molecule has 2 rings (SSSR count). The third-order valence-corrected chi connectivity index (χ3v) is 1.80. The van der Waals surface area contributed by atoms with E-state index >= 15 is 0 Å². The molecule has 0 bridgehead atoms. The number of phenols is 1. The summed E-state index contributed by atoms with van der Waals surface area (Å²) >= 11 is 0. The molecule has 0 spiro atoms. The Morgan fingerprint density at radius 2 is 2.33 bits per heavy atom. The lowest BCUT2D eigenvalue weighted by molar-refractivity contribution is 0.388. The minimum atomic E-state index is 0.0891. The number of aromatic nitrogens is 2. The Bertz CT molecular complexity index is 513. The number of rotatable bonds is 2. The Hall–Kier alpha value is -2.35. The van der Waals surface area contributed by atoms with Crippen molar-refractivity contribution in [3.63, 3.8) is 0 Å². The first-order valence-electron chi connectivity index (χ1n) is 4.28. The van der Waals surface area contributed by atoms with Gasteiger partial charge in [0.2, 0.25) is 11.7 Å². The summed E-state index contributed by atoms with van der Waals surface area (Å²) in [5, 5.41) is 21.4. The summed E-state index contributed by atoms with van der Waals surface area (Å²) < 4.78 is 4.83. The molecule has 1 N–H and O–H groups in total. The van der Waals surface area contributed by atoms with E-state index < -0.39 is 0 Å². The van der Waals surface area contributed by atoms with Gasteiger partial charge in [-0.3, -0.25) is 0 Å². The van der Waals surface area contributed by atoms with E-state index in [1.54, 1.807) is 18.2 Å². The second-order valence-electron chi connectivity index (χ2n) is 2.90. The fourth-order valence-electron chi connectivity index (χ4n) is 1.16. The number of aromatic hydroxyl groups is 1. The lowest BCUT2D eigenvalue weighted by Crippen LogP contribution is -1.82. The van der Waals surface area contributed by atoms with Crippen LogP contribution < -0.4 is 0 Å². The van der Waals surface area contributed by atoms with E-state index in [2.05, 4.69) is 10.1 Å². The second kappa shape index (κ2) is 3.80. The van der Waals surface area contributed by atoms with Gasteiger partial charge in [-0.1, -0.05) is 17.3 Å². The third kappa shape index (κ3) is 1.94. The minimum absolute atomic E-state index is 0.0891. The molecule has 0 saturated carbocycles. The summed E-state index contributed by atoms with van der Waals surface area (Å²) in [5.74, 6) is 0.783. The summed E-state index contributed by atoms with van der Waals surface area (Å²) in [7, 11) is 0. The van der Waals surface area contributed by atoms with Crippen LogP contribution in [0, 0.1) is 11.3 Å². The van der Waals surface area contributed by atoms with Crippen LogP contribution in [0.5, 0.6) is 5.75 Å². The first-order valence-corrected chi connectivity index (χ1v) is 4.28. The molecule has 0 radical (unpaired) electrons. The van der Waals surface area contributed by atoms with Crippen LogP contribution in [0.2, 0.25) is 0 Å². The summed E-state index contributed by atoms with van der Waals surface area (Å²) in [6.45, 7) is 0. The lowest BCUT2D eigenvalue weighted by atomic mass is 10.2. The van der Waals surface area contributed by atoms with E-state index in [1.165, 1.54) is 6.07 Å². The van der Waals surface area contributed by atoms with E-state index in [-0.39, 0.29) is 18.1 Å². The molecule has 0 unspecified atom stereocenters. The number of nitriles is 1. The molecular weight excluding hydrogens is 194 g/mol. The van der Waals surface area contributed by atoms with Crippen LogP contribution >= 0.6 is 0 Å². The number of benzene rings is 1. The lowest BCUT2D eigenvalue weighted by Gasteiger charge is -1.94. The van der Waals surface area contributed by atoms with E-state index in [1.807, 2.05) is 6.07 Å². The molecule has 0 aliphatic carbocycles. The zero-order valence-electron chi connectivity index (χ0n) is 7.71. The van der Waals surface area contributed by atoms with E-state index in [0.717, 1.165) is 0 Å². The fourth-order valence-corrected chi connectivity index (χ4v) is 1.16. The van der Waals surface area contributed by atoms with E-state index in [0.29, 0.717) is 11.4 Å². The average molecular weight is 201 g/mol. The molecule has 74 valence electrons. The number of hydrogen-bond donors (Lipinski definition) is 1. The number of phenolic OH excluding ortho intramolecular Hbond substituents is 1. The van der Waals surface area contributed by atoms with Crippen molar-refractivity contribution in [2.24, 2.45) is 0 Å². The fraction of sp³-hybridized carbons (Fsp3) is 0.100. The maximum Gasteiger partial charge on any atom is 0.241 e. The van der Waals surface area contributed by atoms with E-state index in [9.17, 15) is 5.11 Å². The van der Waals surface area contributed by atoms with Crippen LogP contribution in [0.4, 0.5) is 0 Å². The van der Waals surface area contributed by atoms with Crippen molar-refractivity contribution in [3.05, 3.63) is 30.2 Å². The molecule has 0 saturated heterocycles. The van der Waals surface area contributed by atoms with Crippen LogP contribution in [0.25, 0.3) is 11.4 Å². The van der Waals surface area contributed by atoms with Crippen molar-refractivity contribution in [3.8, 4) is 23.2 Å². The monoisotopic (exact) mass is 201 g/mol. The highest BCUT2D eigenvalue weighted by atomic mass is 16.5. The normalized spacial score (nSPS) is 9.80. The standard InChI is InChI=1S/C10H7N3O2/c11-5-4-9-12-10(13-15-9)7-2-1-3-8(14)6-7/h1-3,6,14H,4H2. The van der Waals surface area contributed by atoms with Crippen molar-refractivity contribution in [2.45, 2.75) is 6.42 Å². The van der Waals surface area contributed by atoms with Crippen LogP contribution in [0.15, 0.2) is 28.8 Å². The summed E-state index contributed by atoms with van der Waals surface area (Å²) in [6.07, 6.45) is 0.0891. The van der Waals surface area contributed by atoms with Gasteiger partial charge in [-0.25, -0.2) is 0 Å². The molecule has 0 aliphatic rings. The van der Waals surface area contributed by atoms with Gasteiger partial charge < -0.3 is 9.63 Å². The van der Waals surface area contributed by atoms with Crippen molar-refractivity contribution in [2.75, 3.05) is 0 Å². The Morgan fingerprint density at radius 3 is 3.07 bits per heavy atom. The maximum atomic E-state index is 9.25. The molecule has 0 amide bonds. The predicted molar refractivity (Wildman–Crippen MR) is 50.7 cm³/mol. The zero-order chi connectivity index (χ0) is 10.7. The molecule has 1 heterocycles. The van der Waals surface area contributed by atoms with Crippen LogP contribution in [0.1, 0.15) is 5.89 Å². The van der Waals surface area contributed by atoms with Gasteiger partial charge in [0.1, 0.15) is 12.2 Å². The van der Waals surface area contributed by atoms with Gasteiger partial charge in [0.05, 0.1) is 6.07 Å². The van der Waals surface area contributed by atoms with Gasteiger partial charge in [0.25, 0.3) is 0 Å². The van der Waals surface area contributed by atoms with Gasteiger partial charge in [-0.15, -0.1) is 0 Å². The van der Waals surface area contributed by atoms with Gasteiger partial charge >= 0.3 is 0 Å². The third-order valence-electron chi connectivity index (χ3n) is 1.80. The highest BCUT2D eigenvalue weighted by Gasteiger charge is 2.08.